The molecule has 0 aliphatic heterocycles. The van der Waals surface area contributed by atoms with Gasteiger partial charge in [0.2, 0.25) is 5.88 Å². The SMILES string of the molecule is FC(F)COc1ncc(CCl)cc1-c1cccc(Cl)c1. The molecule has 0 saturated carbocycles. The van der Waals surface area contributed by atoms with Gasteiger partial charge < -0.3 is 4.74 Å². The highest BCUT2D eigenvalue weighted by Crippen LogP contribution is 2.31. The van der Waals surface area contributed by atoms with E-state index >= 15 is 0 Å². The van der Waals surface area contributed by atoms with Crippen LogP contribution in [-0.2, 0) is 5.88 Å². The van der Waals surface area contributed by atoms with Crippen LogP contribution in [0.25, 0.3) is 11.1 Å². The summed E-state index contributed by atoms with van der Waals surface area (Å²) in [6, 6.07) is 8.76. The Labute approximate surface area is 125 Å². The summed E-state index contributed by atoms with van der Waals surface area (Å²) in [5.41, 5.74) is 2.10. The number of halogens is 4. The van der Waals surface area contributed by atoms with Crippen LogP contribution in [0.3, 0.4) is 0 Å². The minimum Gasteiger partial charge on any atom is -0.471 e. The lowest BCUT2D eigenvalue weighted by Crippen LogP contribution is -2.09. The van der Waals surface area contributed by atoms with Crippen molar-refractivity contribution in [2.45, 2.75) is 12.3 Å². The van der Waals surface area contributed by atoms with Crippen molar-refractivity contribution in [3.63, 3.8) is 0 Å². The van der Waals surface area contributed by atoms with Gasteiger partial charge in [0.05, 0.1) is 0 Å². The van der Waals surface area contributed by atoms with Gasteiger partial charge in [-0.15, -0.1) is 11.6 Å². The number of ether oxygens (including phenoxy) is 1. The molecule has 0 aliphatic carbocycles. The predicted octanol–water partition coefficient (Wildman–Crippen LogP) is 4.78. The maximum absolute atomic E-state index is 12.3. The monoisotopic (exact) mass is 317 g/mol. The van der Waals surface area contributed by atoms with Crippen LogP contribution in [0, 0.1) is 0 Å². The fraction of sp³-hybridized carbons (Fsp3) is 0.214. The third kappa shape index (κ3) is 3.81. The first-order chi connectivity index (χ1) is 9.60. The normalized spacial score (nSPS) is 10.8. The van der Waals surface area contributed by atoms with E-state index in [0.717, 1.165) is 11.1 Å². The molecule has 2 aromatic rings. The average Bonchev–Trinajstić information content (AvgIpc) is 2.45. The van der Waals surface area contributed by atoms with E-state index < -0.39 is 13.0 Å². The standard InChI is InChI=1S/C14H11Cl2F2NO/c15-6-9-4-12(10-2-1-3-11(16)5-10)14(19-7-9)20-8-13(17)18/h1-5,7,13H,6,8H2. The summed E-state index contributed by atoms with van der Waals surface area (Å²) in [7, 11) is 0. The van der Waals surface area contributed by atoms with E-state index in [9.17, 15) is 8.78 Å². The van der Waals surface area contributed by atoms with Gasteiger partial charge in [0, 0.05) is 22.7 Å². The molecule has 1 aromatic carbocycles. The Balaban J connectivity index is 2.41. The zero-order chi connectivity index (χ0) is 14.5. The van der Waals surface area contributed by atoms with Crippen LogP contribution in [0.15, 0.2) is 36.5 Å². The van der Waals surface area contributed by atoms with Crippen molar-refractivity contribution in [2.24, 2.45) is 0 Å². The molecule has 2 nitrogen and oxygen atoms in total. The van der Waals surface area contributed by atoms with E-state index in [0.29, 0.717) is 10.6 Å². The first-order valence-corrected chi connectivity index (χ1v) is 6.73. The molecule has 0 spiro atoms. The molecule has 0 amide bonds. The van der Waals surface area contributed by atoms with Crippen LogP contribution >= 0.6 is 23.2 Å². The molecule has 0 radical (unpaired) electrons. The topological polar surface area (TPSA) is 22.1 Å². The van der Waals surface area contributed by atoms with Crippen molar-refractivity contribution in [3.8, 4) is 17.0 Å². The van der Waals surface area contributed by atoms with E-state index in [2.05, 4.69) is 4.98 Å². The van der Waals surface area contributed by atoms with Crippen LogP contribution in [0.5, 0.6) is 5.88 Å². The lowest BCUT2D eigenvalue weighted by Gasteiger charge is -2.11. The maximum atomic E-state index is 12.3. The molecule has 6 heteroatoms. The molecule has 0 atom stereocenters. The van der Waals surface area contributed by atoms with Gasteiger partial charge in [-0.25, -0.2) is 13.8 Å². The molecule has 1 aromatic heterocycles. The van der Waals surface area contributed by atoms with E-state index in [1.54, 1.807) is 30.3 Å². The zero-order valence-electron chi connectivity index (χ0n) is 10.3. The number of pyridine rings is 1. The van der Waals surface area contributed by atoms with Gasteiger partial charge in [0.15, 0.2) is 6.61 Å². The predicted molar refractivity (Wildman–Crippen MR) is 75.7 cm³/mol. The van der Waals surface area contributed by atoms with Gasteiger partial charge in [-0.1, -0.05) is 23.7 Å². The van der Waals surface area contributed by atoms with Gasteiger partial charge in [0.25, 0.3) is 6.43 Å². The fourth-order valence-electron chi connectivity index (χ4n) is 1.69. The highest BCUT2D eigenvalue weighted by molar-refractivity contribution is 6.30. The molecule has 0 unspecified atom stereocenters. The van der Waals surface area contributed by atoms with Crippen molar-refractivity contribution >= 4 is 23.2 Å². The lowest BCUT2D eigenvalue weighted by molar-refractivity contribution is 0.0799. The van der Waals surface area contributed by atoms with Crippen molar-refractivity contribution in [1.29, 1.82) is 0 Å². The molecule has 1 heterocycles. The fourth-order valence-corrected chi connectivity index (χ4v) is 2.02. The Kier molecular flexibility index (Phi) is 5.15. The number of alkyl halides is 3. The Bertz CT molecular complexity index is 593. The van der Waals surface area contributed by atoms with E-state index in [1.807, 2.05) is 0 Å². The van der Waals surface area contributed by atoms with Gasteiger partial charge in [0.1, 0.15) is 0 Å². The summed E-state index contributed by atoms with van der Waals surface area (Å²) in [6.45, 7) is -0.708. The van der Waals surface area contributed by atoms with Gasteiger partial charge in [-0.05, 0) is 29.3 Å². The Morgan fingerprint density at radius 1 is 1.25 bits per heavy atom. The molecular formula is C14H11Cl2F2NO. The largest absolute Gasteiger partial charge is 0.471 e. The van der Waals surface area contributed by atoms with E-state index in [-0.39, 0.29) is 11.8 Å². The van der Waals surface area contributed by atoms with Gasteiger partial charge in [-0.2, -0.15) is 0 Å². The number of hydrogen-bond donors (Lipinski definition) is 0. The molecule has 106 valence electrons. The summed E-state index contributed by atoms with van der Waals surface area (Å²) in [5.74, 6) is 0.414. The molecule has 0 saturated heterocycles. The lowest BCUT2D eigenvalue weighted by atomic mass is 10.1. The Hall–Kier alpha value is -1.39. The minimum atomic E-state index is -2.56. The first kappa shape index (κ1) is 15.0. The highest BCUT2D eigenvalue weighted by atomic mass is 35.5. The van der Waals surface area contributed by atoms with Crippen LogP contribution in [0.4, 0.5) is 8.78 Å². The summed E-state index contributed by atoms with van der Waals surface area (Å²) < 4.78 is 29.6. The van der Waals surface area contributed by atoms with Gasteiger partial charge in [-0.3, -0.25) is 0 Å². The average molecular weight is 318 g/mol. The number of aromatic nitrogens is 1. The van der Waals surface area contributed by atoms with Crippen LogP contribution in [0.1, 0.15) is 5.56 Å². The van der Waals surface area contributed by atoms with Crippen LogP contribution in [0.2, 0.25) is 5.02 Å². The summed E-state index contributed by atoms with van der Waals surface area (Å²) in [4.78, 5) is 4.04. The summed E-state index contributed by atoms with van der Waals surface area (Å²) in [6.07, 6.45) is -1.06. The summed E-state index contributed by atoms with van der Waals surface area (Å²) in [5, 5.41) is 0.540. The molecule has 20 heavy (non-hydrogen) atoms. The van der Waals surface area contributed by atoms with Crippen LogP contribution in [-0.4, -0.2) is 18.0 Å². The number of benzene rings is 1. The minimum absolute atomic E-state index is 0.140. The number of nitrogens with zero attached hydrogens (tertiary/aromatic N) is 1. The van der Waals surface area contributed by atoms with Crippen molar-refractivity contribution < 1.29 is 13.5 Å². The maximum Gasteiger partial charge on any atom is 0.272 e. The Morgan fingerprint density at radius 3 is 2.70 bits per heavy atom. The van der Waals surface area contributed by atoms with Gasteiger partial charge >= 0.3 is 0 Å². The quantitative estimate of drug-likeness (QED) is 0.740. The molecule has 0 bridgehead atoms. The van der Waals surface area contributed by atoms with Crippen molar-refractivity contribution in [2.75, 3.05) is 6.61 Å². The second-order valence-corrected chi connectivity index (χ2v) is 4.75. The smallest absolute Gasteiger partial charge is 0.272 e. The van der Waals surface area contributed by atoms with Crippen molar-refractivity contribution in [3.05, 3.63) is 47.1 Å². The number of hydrogen-bond acceptors (Lipinski definition) is 2. The third-order valence-electron chi connectivity index (χ3n) is 2.54. The second-order valence-electron chi connectivity index (χ2n) is 4.04. The molecular weight excluding hydrogens is 307 g/mol. The van der Waals surface area contributed by atoms with E-state index in [4.69, 9.17) is 27.9 Å². The highest BCUT2D eigenvalue weighted by Gasteiger charge is 2.12. The first-order valence-electron chi connectivity index (χ1n) is 5.82. The molecule has 0 aliphatic rings. The second kappa shape index (κ2) is 6.86. The van der Waals surface area contributed by atoms with E-state index in [1.165, 1.54) is 6.20 Å². The zero-order valence-corrected chi connectivity index (χ0v) is 11.8. The van der Waals surface area contributed by atoms with Crippen LogP contribution < -0.4 is 4.74 Å². The third-order valence-corrected chi connectivity index (χ3v) is 3.09. The number of rotatable bonds is 5. The molecule has 2 rings (SSSR count). The molecule has 0 fully saturated rings. The Morgan fingerprint density at radius 2 is 2.05 bits per heavy atom. The van der Waals surface area contributed by atoms with Crippen molar-refractivity contribution in [1.82, 2.24) is 4.98 Å². The summed E-state index contributed by atoms with van der Waals surface area (Å²) >= 11 is 11.7. The molecule has 0 N–H and O–H groups in total.